The third-order valence-electron chi connectivity index (χ3n) is 3.40. The number of halogens is 1. The van der Waals surface area contributed by atoms with Gasteiger partial charge in [-0.25, -0.2) is 9.78 Å². The number of nitrogens with zero attached hydrogens (tertiary/aromatic N) is 3. The fourth-order valence-corrected chi connectivity index (χ4v) is 2.39. The van der Waals surface area contributed by atoms with Gasteiger partial charge < -0.3 is 25.6 Å². The van der Waals surface area contributed by atoms with E-state index in [4.69, 9.17) is 16.3 Å². The maximum Gasteiger partial charge on any atom is 0.319 e. The van der Waals surface area contributed by atoms with Crippen LogP contribution in [0.2, 0.25) is 5.02 Å². The van der Waals surface area contributed by atoms with E-state index in [9.17, 15) is 4.79 Å². The highest BCUT2D eigenvalue weighted by Crippen LogP contribution is 2.27. The lowest BCUT2D eigenvalue weighted by Crippen LogP contribution is -2.32. The molecule has 0 fully saturated rings. The van der Waals surface area contributed by atoms with E-state index >= 15 is 0 Å². The van der Waals surface area contributed by atoms with Gasteiger partial charge in [0, 0.05) is 44.6 Å². The molecule has 1 aromatic carbocycles. The van der Waals surface area contributed by atoms with Crippen LogP contribution < -0.4 is 25.6 Å². The molecule has 0 aliphatic rings. The summed E-state index contributed by atoms with van der Waals surface area (Å²) in [7, 11) is 5.37. The molecular weight excluding hydrogens is 356 g/mol. The van der Waals surface area contributed by atoms with E-state index in [1.807, 2.05) is 32.0 Å². The average molecular weight is 379 g/mol. The third kappa shape index (κ3) is 5.66. The third-order valence-corrected chi connectivity index (χ3v) is 3.70. The number of urea groups is 1. The second-order valence-electron chi connectivity index (χ2n) is 5.74. The summed E-state index contributed by atoms with van der Waals surface area (Å²) in [5.74, 6) is 1.90. The summed E-state index contributed by atoms with van der Waals surface area (Å²) in [4.78, 5) is 22.5. The summed E-state index contributed by atoms with van der Waals surface area (Å²) in [6.07, 6.45) is 0. The van der Waals surface area contributed by atoms with Crippen LogP contribution in [0.1, 0.15) is 5.69 Å². The highest BCUT2D eigenvalue weighted by Gasteiger charge is 2.06. The largest absolute Gasteiger partial charge is 0.495 e. The van der Waals surface area contributed by atoms with Crippen LogP contribution in [0.5, 0.6) is 5.75 Å². The van der Waals surface area contributed by atoms with Gasteiger partial charge in [0.05, 0.1) is 12.1 Å². The maximum absolute atomic E-state index is 11.9. The van der Waals surface area contributed by atoms with Crippen LogP contribution in [0.3, 0.4) is 0 Å². The van der Waals surface area contributed by atoms with Crippen LogP contribution >= 0.6 is 11.6 Å². The van der Waals surface area contributed by atoms with Crippen molar-refractivity contribution in [1.82, 2.24) is 15.3 Å². The first-order chi connectivity index (χ1) is 12.4. The molecule has 0 radical (unpaired) electrons. The first-order valence-electron chi connectivity index (χ1n) is 8.04. The number of aromatic nitrogens is 2. The predicted octanol–water partition coefficient (Wildman–Crippen LogP) is 2.75. The van der Waals surface area contributed by atoms with Crippen LogP contribution in [-0.4, -0.2) is 50.3 Å². The number of carbonyl (C=O) groups is 1. The first kappa shape index (κ1) is 19.6. The van der Waals surface area contributed by atoms with E-state index in [2.05, 4.69) is 25.9 Å². The average Bonchev–Trinajstić information content (AvgIpc) is 2.58. The summed E-state index contributed by atoms with van der Waals surface area (Å²) in [5.41, 5.74) is 1.45. The molecule has 2 aromatic rings. The molecule has 2 rings (SSSR count). The standard InChI is InChI=1S/C17H23ClN6O2/c1-11-9-15(24(2)3)23-16(21-11)19-7-8-20-17(25)22-12-5-6-14(26-4)13(18)10-12/h5-6,9-10H,7-8H2,1-4H3,(H,19,21,23)(H2,20,22,25). The zero-order chi connectivity index (χ0) is 19.1. The van der Waals surface area contributed by atoms with E-state index in [1.54, 1.807) is 18.2 Å². The molecule has 0 saturated heterocycles. The smallest absolute Gasteiger partial charge is 0.319 e. The van der Waals surface area contributed by atoms with Crippen molar-refractivity contribution in [2.24, 2.45) is 0 Å². The van der Waals surface area contributed by atoms with Crippen LogP contribution in [0, 0.1) is 6.92 Å². The van der Waals surface area contributed by atoms with Crippen molar-refractivity contribution in [1.29, 1.82) is 0 Å². The van der Waals surface area contributed by atoms with Crippen LogP contribution in [-0.2, 0) is 0 Å². The predicted molar refractivity (Wildman–Crippen MR) is 105 cm³/mol. The number of amides is 2. The molecule has 0 aliphatic carbocycles. The Hall–Kier alpha value is -2.74. The Kier molecular flexibility index (Phi) is 6.85. The van der Waals surface area contributed by atoms with Gasteiger partial charge in [0.2, 0.25) is 5.95 Å². The van der Waals surface area contributed by atoms with E-state index < -0.39 is 0 Å². The Bertz CT molecular complexity index is 769. The van der Waals surface area contributed by atoms with Crippen molar-refractivity contribution in [3.63, 3.8) is 0 Å². The van der Waals surface area contributed by atoms with Crippen LogP contribution in [0.25, 0.3) is 0 Å². The van der Waals surface area contributed by atoms with Crippen molar-refractivity contribution in [3.05, 3.63) is 35.0 Å². The summed E-state index contributed by atoms with van der Waals surface area (Å²) >= 11 is 6.03. The highest BCUT2D eigenvalue weighted by molar-refractivity contribution is 6.32. The fraction of sp³-hybridized carbons (Fsp3) is 0.353. The number of methoxy groups -OCH3 is 1. The van der Waals surface area contributed by atoms with E-state index in [0.29, 0.717) is 35.5 Å². The van der Waals surface area contributed by atoms with Gasteiger partial charge in [-0.15, -0.1) is 0 Å². The number of carbonyl (C=O) groups excluding carboxylic acids is 1. The Balaban J connectivity index is 1.79. The van der Waals surface area contributed by atoms with Crippen LogP contribution in [0.15, 0.2) is 24.3 Å². The van der Waals surface area contributed by atoms with Gasteiger partial charge in [0.15, 0.2) is 0 Å². The minimum Gasteiger partial charge on any atom is -0.495 e. The van der Waals surface area contributed by atoms with Gasteiger partial charge in [0.1, 0.15) is 11.6 Å². The molecule has 26 heavy (non-hydrogen) atoms. The van der Waals surface area contributed by atoms with E-state index in [1.165, 1.54) is 7.11 Å². The first-order valence-corrected chi connectivity index (χ1v) is 8.42. The summed E-state index contributed by atoms with van der Waals surface area (Å²) < 4.78 is 5.07. The number of benzene rings is 1. The number of rotatable bonds is 7. The molecule has 1 heterocycles. The molecule has 3 N–H and O–H groups in total. The SMILES string of the molecule is COc1ccc(NC(=O)NCCNc2nc(C)cc(N(C)C)n2)cc1Cl. The monoisotopic (exact) mass is 378 g/mol. The summed E-state index contributed by atoms with van der Waals surface area (Å²) in [6, 6.07) is 6.61. The van der Waals surface area contributed by atoms with Gasteiger partial charge in [0.25, 0.3) is 0 Å². The lowest BCUT2D eigenvalue weighted by atomic mass is 10.3. The Morgan fingerprint density at radius 3 is 2.65 bits per heavy atom. The number of hydrogen-bond acceptors (Lipinski definition) is 6. The molecule has 0 bridgehead atoms. The molecule has 0 spiro atoms. The number of nitrogens with one attached hydrogen (secondary N) is 3. The Labute approximate surface area is 157 Å². The summed E-state index contributed by atoms with van der Waals surface area (Å²) in [5, 5.41) is 8.98. The molecule has 0 saturated carbocycles. The quantitative estimate of drug-likeness (QED) is 0.642. The van der Waals surface area contributed by atoms with Crippen molar-refractivity contribution in [3.8, 4) is 5.75 Å². The van der Waals surface area contributed by atoms with E-state index in [0.717, 1.165) is 11.5 Å². The topological polar surface area (TPSA) is 91.4 Å². The zero-order valence-electron chi connectivity index (χ0n) is 15.3. The molecule has 1 aromatic heterocycles. The van der Waals surface area contributed by atoms with Crippen LogP contribution in [0.4, 0.5) is 22.2 Å². The molecule has 2 amide bonds. The van der Waals surface area contributed by atoms with E-state index in [-0.39, 0.29) is 6.03 Å². The van der Waals surface area contributed by atoms with Crippen molar-refractivity contribution >= 4 is 35.1 Å². The molecule has 8 nitrogen and oxygen atoms in total. The van der Waals surface area contributed by atoms with Gasteiger partial charge in [-0.2, -0.15) is 4.98 Å². The number of anilines is 3. The minimum atomic E-state index is -0.327. The highest BCUT2D eigenvalue weighted by atomic mass is 35.5. The molecule has 0 unspecified atom stereocenters. The van der Waals surface area contributed by atoms with Crippen molar-refractivity contribution in [2.75, 3.05) is 49.8 Å². The normalized spacial score (nSPS) is 10.2. The number of hydrogen-bond donors (Lipinski definition) is 3. The maximum atomic E-state index is 11.9. The number of ether oxygens (including phenoxy) is 1. The van der Waals surface area contributed by atoms with Crippen molar-refractivity contribution in [2.45, 2.75) is 6.92 Å². The van der Waals surface area contributed by atoms with Gasteiger partial charge in [-0.1, -0.05) is 11.6 Å². The molecule has 9 heteroatoms. The Morgan fingerprint density at radius 1 is 1.23 bits per heavy atom. The van der Waals surface area contributed by atoms with Gasteiger partial charge >= 0.3 is 6.03 Å². The molecule has 140 valence electrons. The van der Waals surface area contributed by atoms with Crippen molar-refractivity contribution < 1.29 is 9.53 Å². The van der Waals surface area contributed by atoms with Gasteiger partial charge in [-0.3, -0.25) is 0 Å². The van der Waals surface area contributed by atoms with Gasteiger partial charge in [-0.05, 0) is 25.1 Å². The Morgan fingerprint density at radius 2 is 2.00 bits per heavy atom. The zero-order valence-corrected chi connectivity index (χ0v) is 16.0. The lowest BCUT2D eigenvalue weighted by molar-refractivity contribution is 0.252. The molecule has 0 atom stereocenters. The lowest BCUT2D eigenvalue weighted by Gasteiger charge is -2.14. The second kappa shape index (κ2) is 9.10. The molecular formula is C17H23ClN6O2. The summed E-state index contributed by atoms with van der Waals surface area (Å²) in [6.45, 7) is 2.81. The fourth-order valence-electron chi connectivity index (χ4n) is 2.13. The molecule has 0 aliphatic heterocycles. The number of aryl methyl sites for hydroxylation is 1. The minimum absolute atomic E-state index is 0.327. The second-order valence-corrected chi connectivity index (χ2v) is 6.15.